The van der Waals surface area contributed by atoms with Crippen molar-refractivity contribution in [3.63, 3.8) is 0 Å². The zero-order valence-electron chi connectivity index (χ0n) is 14.8. The molecule has 0 aliphatic heterocycles. The molecule has 0 fully saturated rings. The smallest absolute Gasteiger partial charge is 0.129 e. The van der Waals surface area contributed by atoms with Gasteiger partial charge in [0.15, 0.2) is 0 Å². The third kappa shape index (κ3) is 15.6. The first-order chi connectivity index (χ1) is 11.0. The average Bonchev–Trinajstić information content (AvgIpc) is 2.52. The van der Waals surface area contributed by atoms with Crippen molar-refractivity contribution in [2.45, 2.75) is 100 Å². The van der Waals surface area contributed by atoms with Gasteiger partial charge in [-0.1, -0.05) is 95.9 Å². The molecule has 3 unspecified atom stereocenters. The molecule has 0 aromatic heterocycles. The van der Waals surface area contributed by atoms with Crippen LogP contribution in [0.5, 0.6) is 0 Å². The molecule has 4 heteroatoms. The van der Waals surface area contributed by atoms with E-state index < -0.39 is 0 Å². The number of unbranched alkanes of at least 4 members (excludes halogenated alkanes) is 6. The molecule has 0 bridgehead atoms. The molecule has 2 nitrogen and oxygen atoms in total. The Balaban J connectivity index is 3.71. The zero-order valence-corrected chi connectivity index (χ0v) is 17.9. The first-order valence-corrected chi connectivity index (χ1v) is 10.9. The van der Waals surface area contributed by atoms with Crippen molar-refractivity contribution in [2.75, 3.05) is 0 Å². The van der Waals surface area contributed by atoms with Crippen LogP contribution in [-0.2, 0) is 4.79 Å². The lowest BCUT2D eigenvalue weighted by atomic mass is 10.1. The number of allylic oxidation sites excluding steroid dienone is 1. The van der Waals surface area contributed by atoms with Crippen LogP contribution in [0.15, 0.2) is 12.2 Å². The second-order valence-electron chi connectivity index (χ2n) is 6.42. The minimum Gasteiger partial charge on any atom is -0.392 e. The van der Waals surface area contributed by atoms with Crippen LogP contribution in [0.4, 0.5) is 0 Å². The molecule has 0 rings (SSSR count). The van der Waals surface area contributed by atoms with Gasteiger partial charge < -0.3 is 9.90 Å². The zero-order chi connectivity index (χ0) is 17.5. The van der Waals surface area contributed by atoms with Gasteiger partial charge in [-0.15, -0.1) is 0 Å². The van der Waals surface area contributed by atoms with Crippen molar-refractivity contribution in [2.24, 2.45) is 0 Å². The first kappa shape index (κ1) is 23.3. The van der Waals surface area contributed by atoms with E-state index in [9.17, 15) is 9.90 Å². The molecule has 3 atom stereocenters. The Hall–Kier alpha value is 0.330. The van der Waals surface area contributed by atoms with E-state index in [1.54, 1.807) is 6.92 Å². The molecule has 136 valence electrons. The van der Waals surface area contributed by atoms with Gasteiger partial charge in [0.05, 0.1) is 10.9 Å². The van der Waals surface area contributed by atoms with Crippen LogP contribution in [0.2, 0.25) is 0 Å². The van der Waals surface area contributed by atoms with Gasteiger partial charge >= 0.3 is 0 Å². The van der Waals surface area contributed by atoms with Gasteiger partial charge in [-0.25, -0.2) is 0 Å². The summed E-state index contributed by atoms with van der Waals surface area (Å²) in [6, 6.07) is 0. The van der Waals surface area contributed by atoms with E-state index in [1.807, 2.05) is 0 Å². The summed E-state index contributed by atoms with van der Waals surface area (Å²) in [5.74, 6) is 0.294. The maximum atomic E-state index is 10.8. The van der Waals surface area contributed by atoms with Gasteiger partial charge in [0.2, 0.25) is 0 Å². The largest absolute Gasteiger partial charge is 0.392 e. The lowest BCUT2D eigenvalue weighted by molar-refractivity contribution is -0.117. The molecule has 0 aromatic carbocycles. The van der Waals surface area contributed by atoms with Crippen LogP contribution < -0.4 is 0 Å². The maximum Gasteiger partial charge on any atom is 0.129 e. The summed E-state index contributed by atoms with van der Waals surface area (Å²) >= 11 is 7.25. The predicted molar refractivity (Wildman–Crippen MR) is 108 cm³/mol. The highest BCUT2D eigenvalue weighted by atomic mass is 79.9. The summed E-state index contributed by atoms with van der Waals surface area (Å²) < 4.78 is 0. The maximum absolute atomic E-state index is 10.8. The molecule has 0 aromatic rings. The fraction of sp³-hybridized carbons (Fsp3) is 0.842. The first-order valence-electron chi connectivity index (χ1n) is 9.11. The number of Topliss-reactive ketones (excluding diaryl/α,β-unsaturated/α-hetero) is 1. The molecule has 0 saturated carbocycles. The summed E-state index contributed by atoms with van der Waals surface area (Å²) in [6.45, 7) is 3.86. The average molecular weight is 454 g/mol. The van der Waals surface area contributed by atoms with Gasteiger partial charge in [0.25, 0.3) is 0 Å². The highest BCUT2D eigenvalue weighted by Crippen LogP contribution is 2.18. The number of ketones is 1. The van der Waals surface area contributed by atoms with Crippen molar-refractivity contribution < 1.29 is 9.90 Å². The van der Waals surface area contributed by atoms with E-state index in [1.165, 1.54) is 32.1 Å². The van der Waals surface area contributed by atoms with E-state index in [2.05, 4.69) is 50.9 Å². The quantitative estimate of drug-likeness (QED) is 0.178. The third-order valence-corrected chi connectivity index (χ3v) is 5.66. The van der Waals surface area contributed by atoms with Crippen LogP contribution in [-0.4, -0.2) is 26.6 Å². The molecule has 1 N–H and O–H groups in total. The van der Waals surface area contributed by atoms with Crippen LogP contribution in [0.3, 0.4) is 0 Å². The Morgan fingerprint density at radius 1 is 0.957 bits per heavy atom. The van der Waals surface area contributed by atoms with E-state index in [0.29, 0.717) is 10.6 Å². The number of halogens is 2. The predicted octanol–water partition coefficient (Wildman–Crippen LogP) is 6.33. The Bertz CT molecular complexity index is 318. The number of aliphatic hydroxyl groups is 1. The van der Waals surface area contributed by atoms with Gasteiger partial charge in [-0.2, -0.15) is 0 Å². The molecule has 0 radical (unpaired) electrons. The molecule has 0 aliphatic carbocycles. The summed E-state index contributed by atoms with van der Waals surface area (Å²) in [5, 5.41) is 10.1. The van der Waals surface area contributed by atoms with Crippen LogP contribution in [0, 0.1) is 0 Å². The minimum absolute atomic E-state index is 0.0414. The SMILES string of the molecule is CCCCCCC(O)C(Br)C=CC(Br)CCCCCCC(C)=O. The van der Waals surface area contributed by atoms with E-state index >= 15 is 0 Å². The van der Waals surface area contributed by atoms with Crippen molar-refractivity contribution in [3.05, 3.63) is 12.2 Å². The van der Waals surface area contributed by atoms with E-state index in [-0.39, 0.29) is 10.9 Å². The third-order valence-electron chi connectivity index (χ3n) is 3.98. The van der Waals surface area contributed by atoms with Crippen LogP contribution >= 0.6 is 31.9 Å². The Morgan fingerprint density at radius 3 is 2.22 bits per heavy atom. The fourth-order valence-corrected chi connectivity index (χ4v) is 3.40. The highest BCUT2D eigenvalue weighted by Gasteiger charge is 2.12. The Kier molecular flexibility index (Phi) is 16.1. The number of carbonyl (C=O) groups is 1. The minimum atomic E-state index is -0.297. The number of hydrogen-bond donors (Lipinski definition) is 1. The van der Waals surface area contributed by atoms with Gasteiger partial charge in [-0.05, 0) is 26.2 Å². The van der Waals surface area contributed by atoms with Crippen molar-refractivity contribution >= 4 is 37.6 Å². The Morgan fingerprint density at radius 2 is 1.57 bits per heavy atom. The molecular formula is C19H34Br2O2. The lowest BCUT2D eigenvalue weighted by Gasteiger charge is -2.14. The van der Waals surface area contributed by atoms with E-state index in [0.717, 1.165) is 38.5 Å². The van der Waals surface area contributed by atoms with E-state index in [4.69, 9.17) is 0 Å². The molecule has 0 spiro atoms. The monoisotopic (exact) mass is 452 g/mol. The van der Waals surface area contributed by atoms with Crippen molar-refractivity contribution in [1.29, 1.82) is 0 Å². The number of alkyl halides is 2. The van der Waals surface area contributed by atoms with Gasteiger partial charge in [0, 0.05) is 11.2 Å². The molecule has 0 aliphatic rings. The summed E-state index contributed by atoms with van der Waals surface area (Å²) in [7, 11) is 0. The molecule has 0 heterocycles. The van der Waals surface area contributed by atoms with Crippen molar-refractivity contribution in [1.82, 2.24) is 0 Å². The normalized spacial score (nSPS) is 15.7. The van der Waals surface area contributed by atoms with Gasteiger partial charge in [-0.3, -0.25) is 0 Å². The summed E-state index contributed by atoms with van der Waals surface area (Å²) in [6.07, 6.45) is 15.9. The van der Waals surface area contributed by atoms with Crippen LogP contribution in [0.1, 0.15) is 84.5 Å². The molecule has 0 saturated heterocycles. The fourth-order valence-electron chi connectivity index (χ4n) is 2.46. The summed E-state index contributed by atoms with van der Waals surface area (Å²) in [5.41, 5.74) is 0. The standard InChI is InChI=1S/C19H34Br2O2/c1-3-4-5-10-13-19(23)18(21)15-14-17(20)12-9-7-6-8-11-16(2)22/h14-15,17-19,23H,3-13H2,1-2H3. The molecule has 23 heavy (non-hydrogen) atoms. The lowest BCUT2D eigenvalue weighted by Crippen LogP contribution is -2.18. The summed E-state index contributed by atoms with van der Waals surface area (Å²) in [4.78, 5) is 11.3. The molecular weight excluding hydrogens is 420 g/mol. The number of aliphatic hydroxyl groups excluding tert-OH is 1. The number of hydrogen-bond acceptors (Lipinski definition) is 2. The highest BCUT2D eigenvalue weighted by molar-refractivity contribution is 9.10. The van der Waals surface area contributed by atoms with Crippen molar-refractivity contribution in [3.8, 4) is 0 Å². The van der Waals surface area contributed by atoms with Crippen LogP contribution in [0.25, 0.3) is 0 Å². The second kappa shape index (κ2) is 15.8. The number of rotatable bonds is 15. The second-order valence-corrected chi connectivity index (χ2v) is 8.65. The molecule has 0 amide bonds. The number of carbonyl (C=O) groups excluding carboxylic acids is 1. The van der Waals surface area contributed by atoms with Gasteiger partial charge in [0.1, 0.15) is 5.78 Å². The Labute approximate surface area is 159 Å². The topological polar surface area (TPSA) is 37.3 Å².